The molecule has 0 unspecified atom stereocenters. The summed E-state index contributed by atoms with van der Waals surface area (Å²) in [4.78, 5) is 27.7. The zero-order valence-electron chi connectivity index (χ0n) is 12.1. The molecule has 0 aromatic carbocycles. The van der Waals surface area contributed by atoms with Crippen LogP contribution in [0.25, 0.3) is 0 Å². The predicted molar refractivity (Wildman–Crippen MR) is 82.8 cm³/mol. The van der Waals surface area contributed by atoms with E-state index in [4.69, 9.17) is 11.6 Å². The normalized spacial score (nSPS) is 15.4. The van der Waals surface area contributed by atoms with E-state index in [-0.39, 0.29) is 5.91 Å². The average Bonchev–Trinajstić information content (AvgIpc) is 3.23. The van der Waals surface area contributed by atoms with Crippen molar-refractivity contribution in [2.45, 2.75) is 31.2 Å². The molecule has 1 aliphatic carbocycles. The Balaban J connectivity index is 1.78. The number of aromatic amines is 1. The standard InChI is InChI=1S/C14H17ClN6O/c1-16-14(22)10(4-9-6-17-7-18-9)19-12-5-11(15)20-13(21-12)8-2-3-8/h5-8,10H,2-4H2,1H3,(H,16,22)(H,17,18)(H,19,20,21)/t10-/m0/s1. The lowest BCUT2D eigenvalue weighted by Gasteiger charge is -2.17. The minimum absolute atomic E-state index is 0.127. The molecule has 0 spiro atoms. The molecule has 0 aliphatic heterocycles. The van der Waals surface area contributed by atoms with Crippen molar-refractivity contribution >= 4 is 23.3 Å². The highest BCUT2D eigenvalue weighted by molar-refractivity contribution is 6.29. The summed E-state index contributed by atoms with van der Waals surface area (Å²) in [5, 5.41) is 6.17. The minimum atomic E-state index is -0.469. The minimum Gasteiger partial charge on any atom is -0.358 e. The van der Waals surface area contributed by atoms with Gasteiger partial charge in [-0.3, -0.25) is 4.79 Å². The Kier molecular flexibility index (Phi) is 4.24. The number of rotatable bonds is 6. The van der Waals surface area contributed by atoms with Gasteiger partial charge in [-0.05, 0) is 12.8 Å². The second-order valence-corrected chi connectivity index (χ2v) is 5.69. The summed E-state index contributed by atoms with van der Waals surface area (Å²) in [6, 6.07) is 1.17. The van der Waals surface area contributed by atoms with E-state index >= 15 is 0 Å². The highest BCUT2D eigenvalue weighted by atomic mass is 35.5. The molecule has 3 N–H and O–H groups in total. The van der Waals surface area contributed by atoms with Gasteiger partial charge in [0.05, 0.1) is 6.33 Å². The summed E-state index contributed by atoms with van der Waals surface area (Å²) in [6.07, 6.45) is 5.93. The van der Waals surface area contributed by atoms with E-state index in [1.54, 1.807) is 25.6 Å². The molecule has 0 radical (unpaired) electrons. The van der Waals surface area contributed by atoms with Crippen LogP contribution in [0.4, 0.5) is 5.82 Å². The molecule has 1 fully saturated rings. The number of aromatic nitrogens is 4. The highest BCUT2D eigenvalue weighted by Gasteiger charge is 2.28. The first-order chi connectivity index (χ1) is 10.7. The third-order valence-corrected chi connectivity index (χ3v) is 3.71. The number of hydrogen-bond donors (Lipinski definition) is 3. The number of carbonyl (C=O) groups is 1. The van der Waals surface area contributed by atoms with Gasteiger partial charge in [-0.1, -0.05) is 11.6 Å². The van der Waals surface area contributed by atoms with Crippen LogP contribution in [0.15, 0.2) is 18.6 Å². The van der Waals surface area contributed by atoms with Crippen molar-refractivity contribution < 1.29 is 4.79 Å². The molecule has 7 nitrogen and oxygen atoms in total. The van der Waals surface area contributed by atoms with Crippen LogP contribution < -0.4 is 10.6 Å². The van der Waals surface area contributed by atoms with Crippen LogP contribution in [0.1, 0.15) is 30.3 Å². The molecule has 116 valence electrons. The lowest BCUT2D eigenvalue weighted by atomic mass is 10.1. The van der Waals surface area contributed by atoms with Crippen molar-refractivity contribution in [3.05, 3.63) is 35.3 Å². The van der Waals surface area contributed by atoms with Crippen LogP contribution >= 0.6 is 11.6 Å². The van der Waals surface area contributed by atoms with Crippen LogP contribution in [-0.4, -0.2) is 38.9 Å². The van der Waals surface area contributed by atoms with Crippen molar-refractivity contribution in [2.75, 3.05) is 12.4 Å². The number of nitrogens with zero attached hydrogens (tertiary/aromatic N) is 3. The molecule has 1 amide bonds. The first-order valence-electron chi connectivity index (χ1n) is 7.15. The van der Waals surface area contributed by atoms with Gasteiger partial charge < -0.3 is 15.6 Å². The van der Waals surface area contributed by atoms with Crippen LogP contribution in [0.5, 0.6) is 0 Å². The zero-order chi connectivity index (χ0) is 15.5. The summed E-state index contributed by atoms with van der Waals surface area (Å²) >= 11 is 6.05. The van der Waals surface area contributed by atoms with Crippen LogP contribution in [0.2, 0.25) is 5.15 Å². The maximum atomic E-state index is 12.1. The molecular weight excluding hydrogens is 304 g/mol. The molecule has 0 bridgehead atoms. The van der Waals surface area contributed by atoms with Crippen LogP contribution in [-0.2, 0) is 11.2 Å². The summed E-state index contributed by atoms with van der Waals surface area (Å²) in [5.74, 6) is 1.57. The lowest BCUT2D eigenvalue weighted by molar-refractivity contribution is -0.121. The smallest absolute Gasteiger partial charge is 0.242 e. The van der Waals surface area contributed by atoms with E-state index < -0.39 is 6.04 Å². The maximum absolute atomic E-state index is 12.1. The Morgan fingerprint density at radius 2 is 2.32 bits per heavy atom. The molecule has 2 heterocycles. The van der Waals surface area contributed by atoms with E-state index in [1.807, 2.05) is 0 Å². The van der Waals surface area contributed by atoms with Gasteiger partial charge in [0.15, 0.2) is 0 Å². The molecule has 0 saturated heterocycles. The fraction of sp³-hybridized carbons (Fsp3) is 0.429. The lowest BCUT2D eigenvalue weighted by Crippen LogP contribution is -2.39. The second kappa shape index (κ2) is 6.31. The summed E-state index contributed by atoms with van der Waals surface area (Å²) in [6.45, 7) is 0. The summed E-state index contributed by atoms with van der Waals surface area (Å²) in [7, 11) is 1.60. The Bertz CT molecular complexity index is 655. The number of carbonyl (C=O) groups excluding carboxylic acids is 1. The Labute approximate surface area is 132 Å². The monoisotopic (exact) mass is 320 g/mol. The molecule has 1 aliphatic rings. The molecular formula is C14H17ClN6O. The quantitative estimate of drug-likeness (QED) is 0.701. The van der Waals surface area contributed by atoms with Crippen LogP contribution in [0, 0.1) is 0 Å². The van der Waals surface area contributed by atoms with Crippen LogP contribution in [0.3, 0.4) is 0 Å². The SMILES string of the molecule is CNC(=O)[C@H](Cc1cnc[nH]1)Nc1cc(Cl)nc(C2CC2)n1. The molecule has 1 saturated carbocycles. The molecule has 3 rings (SSSR count). The van der Waals surface area contributed by atoms with Crippen molar-refractivity contribution in [1.82, 2.24) is 25.3 Å². The average molecular weight is 321 g/mol. The van der Waals surface area contributed by atoms with Crippen molar-refractivity contribution in [3.8, 4) is 0 Å². The third kappa shape index (κ3) is 3.54. The van der Waals surface area contributed by atoms with E-state index in [0.717, 1.165) is 24.4 Å². The number of anilines is 1. The van der Waals surface area contributed by atoms with Gasteiger partial charge in [0.25, 0.3) is 0 Å². The number of H-pyrrole nitrogens is 1. The highest BCUT2D eigenvalue weighted by Crippen LogP contribution is 2.38. The Morgan fingerprint density at radius 1 is 1.50 bits per heavy atom. The van der Waals surface area contributed by atoms with Crippen molar-refractivity contribution in [1.29, 1.82) is 0 Å². The molecule has 2 aromatic rings. The van der Waals surface area contributed by atoms with Gasteiger partial charge in [-0.2, -0.15) is 0 Å². The zero-order valence-corrected chi connectivity index (χ0v) is 12.9. The number of amides is 1. The molecule has 1 atom stereocenters. The topological polar surface area (TPSA) is 95.6 Å². The largest absolute Gasteiger partial charge is 0.358 e. The third-order valence-electron chi connectivity index (χ3n) is 3.52. The van der Waals surface area contributed by atoms with E-state index in [0.29, 0.717) is 23.3 Å². The maximum Gasteiger partial charge on any atom is 0.242 e. The van der Waals surface area contributed by atoms with Gasteiger partial charge in [-0.25, -0.2) is 15.0 Å². The first kappa shape index (κ1) is 14.8. The summed E-state index contributed by atoms with van der Waals surface area (Å²) in [5.41, 5.74) is 0.865. The molecule has 8 heteroatoms. The van der Waals surface area contributed by atoms with Crippen molar-refractivity contribution in [2.24, 2.45) is 0 Å². The number of nitrogens with one attached hydrogen (secondary N) is 3. The Hall–Kier alpha value is -2.15. The van der Waals surface area contributed by atoms with E-state index in [2.05, 4.69) is 30.6 Å². The van der Waals surface area contributed by atoms with E-state index in [1.165, 1.54) is 0 Å². The van der Waals surface area contributed by atoms with Gasteiger partial charge in [-0.15, -0.1) is 0 Å². The molecule has 2 aromatic heterocycles. The van der Waals surface area contributed by atoms with Gasteiger partial charge in [0.1, 0.15) is 22.8 Å². The number of hydrogen-bond acceptors (Lipinski definition) is 5. The first-order valence-corrected chi connectivity index (χ1v) is 7.53. The number of halogens is 1. The summed E-state index contributed by atoms with van der Waals surface area (Å²) < 4.78 is 0. The van der Waals surface area contributed by atoms with Crippen molar-refractivity contribution in [3.63, 3.8) is 0 Å². The number of likely N-dealkylation sites (N-methyl/N-ethyl adjacent to an activating group) is 1. The molecule has 22 heavy (non-hydrogen) atoms. The fourth-order valence-electron chi connectivity index (χ4n) is 2.21. The second-order valence-electron chi connectivity index (χ2n) is 5.30. The Morgan fingerprint density at radius 3 is 2.95 bits per heavy atom. The van der Waals surface area contributed by atoms with Gasteiger partial charge in [0.2, 0.25) is 5.91 Å². The fourth-order valence-corrected chi connectivity index (χ4v) is 2.40. The predicted octanol–water partition coefficient (Wildman–Crippen LogP) is 1.50. The van der Waals surface area contributed by atoms with Gasteiger partial charge in [0, 0.05) is 37.3 Å². The van der Waals surface area contributed by atoms with Gasteiger partial charge >= 0.3 is 0 Å². The number of imidazole rings is 1. The van der Waals surface area contributed by atoms with E-state index in [9.17, 15) is 4.79 Å².